The van der Waals surface area contributed by atoms with Gasteiger partial charge in [0.15, 0.2) is 0 Å². The summed E-state index contributed by atoms with van der Waals surface area (Å²) in [5, 5.41) is 3.24. The first-order valence-electron chi connectivity index (χ1n) is 8.16. The van der Waals surface area contributed by atoms with Gasteiger partial charge in [0.05, 0.1) is 0 Å². The molecule has 0 saturated heterocycles. The van der Waals surface area contributed by atoms with Gasteiger partial charge in [-0.25, -0.2) is 0 Å². The molecule has 1 aliphatic carbocycles. The summed E-state index contributed by atoms with van der Waals surface area (Å²) in [6, 6.07) is 0.417. The largest absolute Gasteiger partial charge is 0.353 e. The van der Waals surface area contributed by atoms with Crippen LogP contribution in [0.1, 0.15) is 71.6 Å². The number of carbonyl (C=O) groups excluding carboxylic acids is 1. The summed E-state index contributed by atoms with van der Waals surface area (Å²) in [6.45, 7) is 5.21. The Kier molecular flexibility index (Phi) is 8.11. The van der Waals surface area contributed by atoms with Crippen LogP contribution in [0.5, 0.6) is 0 Å². The summed E-state index contributed by atoms with van der Waals surface area (Å²) in [4.78, 5) is 12.0. The van der Waals surface area contributed by atoms with Crippen molar-refractivity contribution in [2.24, 2.45) is 17.6 Å². The molecule has 1 saturated carbocycles. The van der Waals surface area contributed by atoms with Crippen molar-refractivity contribution in [3.05, 3.63) is 0 Å². The van der Waals surface area contributed by atoms with Crippen molar-refractivity contribution in [1.82, 2.24) is 5.32 Å². The minimum absolute atomic E-state index is 0.247. The number of hydrogen-bond acceptors (Lipinski definition) is 2. The van der Waals surface area contributed by atoms with Crippen LogP contribution in [0, 0.1) is 11.8 Å². The molecule has 0 aromatic rings. The molecule has 0 bridgehead atoms. The SMILES string of the molecule is CCCC(CCN)CCC(=O)NC1CCCCC1C. The predicted octanol–water partition coefficient (Wildman–Crippen LogP) is 3.23. The van der Waals surface area contributed by atoms with Crippen LogP contribution in [0.4, 0.5) is 0 Å². The molecule has 19 heavy (non-hydrogen) atoms. The van der Waals surface area contributed by atoms with Crippen molar-refractivity contribution in [2.45, 2.75) is 77.7 Å². The van der Waals surface area contributed by atoms with Crippen LogP contribution in [-0.2, 0) is 4.79 Å². The van der Waals surface area contributed by atoms with E-state index in [1.165, 1.54) is 32.1 Å². The molecule has 0 radical (unpaired) electrons. The Labute approximate surface area is 118 Å². The number of hydrogen-bond donors (Lipinski definition) is 2. The molecule has 0 aromatic carbocycles. The van der Waals surface area contributed by atoms with Crippen LogP contribution in [0.15, 0.2) is 0 Å². The number of amides is 1. The second-order valence-corrected chi connectivity index (χ2v) is 6.21. The fraction of sp³-hybridized carbons (Fsp3) is 0.938. The third-order valence-electron chi connectivity index (χ3n) is 4.51. The number of rotatable bonds is 8. The maximum absolute atomic E-state index is 12.0. The van der Waals surface area contributed by atoms with E-state index in [0.29, 0.717) is 24.3 Å². The van der Waals surface area contributed by atoms with E-state index < -0.39 is 0 Å². The van der Waals surface area contributed by atoms with Gasteiger partial charge < -0.3 is 11.1 Å². The second kappa shape index (κ2) is 9.35. The van der Waals surface area contributed by atoms with Crippen molar-refractivity contribution in [3.8, 4) is 0 Å². The lowest BCUT2D eigenvalue weighted by Gasteiger charge is -2.29. The first kappa shape index (κ1) is 16.5. The monoisotopic (exact) mass is 268 g/mol. The van der Waals surface area contributed by atoms with Crippen molar-refractivity contribution in [1.29, 1.82) is 0 Å². The molecule has 0 aliphatic heterocycles. The Morgan fingerprint density at radius 3 is 2.63 bits per heavy atom. The Bertz CT molecular complexity index is 249. The zero-order valence-electron chi connectivity index (χ0n) is 12.8. The van der Waals surface area contributed by atoms with Crippen molar-refractivity contribution >= 4 is 5.91 Å². The summed E-state index contributed by atoms with van der Waals surface area (Å²) in [6.07, 6.45) is 10.1. The van der Waals surface area contributed by atoms with Gasteiger partial charge in [0.1, 0.15) is 0 Å². The quantitative estimate of drug-likeness (QED) is 0.710. The highest BCUT2D eigenvalue weighted by Gasteiger charge is 2.22. The third kappa shape index (κ3) is 6.42. The third-order valence-corrected chi connectivity index (χ3v) is 4.51. The summed E-state index contributed by atoms with van der Waals surface area (Å²) >= 11 is 0. The smallest absolute Gasteiger partial charge is 0.220 e. The molecule has 1 aliphatic rings. The van der Waals surface area contributed by atoms with Crippen LogP contribution in [0.3, 0.4) is 0 Å². The van der Waals surface area contributed by atoms with Gasteiger partial charge in [0.25, 0.3) is 0 Å². The van der Waals surface area contributed by atoms with E-state index in [1.807, 2.05) is 0 Å². The second-order valence-electron chi connectivity index (χ2n) is 6.21. The molecular weight excluding hydrogens is 236 g/mol. The molecular formula is C16H32N2O. The highest BCUT2D eigenvalue weighted by Crippen LogP contribution is 2.24. The van der Waals surface area contributed by atoms with Gasteiger partial charge in [0, 0.05) is 12.5 Å². The number of carbonyl (C=O) groups is 1. The van der Waals surface area contributed by atoms with Crippen molar-refractivity contribution in [3.63, 3.8) is 0 Å². The van der Waals surface area contributed by atoms with E-state index in [9.17, 15) is 4.79 Å². The average Bonchev–Trinajstić information content (AvgIpc) is 2.39. The molecule has 1 amide bonds. The van der Waals surface area contributed by atoms with Crippen LogP contribution in [0.2, 0.25) is 0 Å². The minimum atomic E-state index is 0.247. The van der Waals surface area contributed by atoms with Crippen LogP contribution >= 0.6 is 0 Å². The maximum Gasteiger partial charge on any atom is 0.220 e. The van der Waals surface area contributed by atoms with Gasteiger partial charge in [-0.05, 0) is 44.1 Å². The van der Waals surface area contributed by atoms with Gasteiger partial charge in [-0.15, -0.1) is 0 Å². The zero-order chi connectivity index (χ0) is 14.1. The summed E-state index contributed by atoms with van der Waals surface area (Å²) in [7, 11) is 0. The van der Waals surface area contributed by atoms with Gasteiger partial charge in [-0.2, -0.15) is 0 Å². The first-order valence-corrected chi connectivity index (χ1v) is 8.16. The maximum atomic E-state index is 12.0. The van der Waals surface area contributed by atoms with Crippen LogP contribution in [0.25, 0.3) is 0 Å². The average molecular weight is 268 g/mol. The predicted molar refractivity (Wildman–Crippen MR) is 80.9 cm³/mol. The van der Waals surface area contributed by atoms with Gasteiger partial charge in [-0.1, -0.05) is 39.5 Å². The van der Waals surface area contributed by atoms with Gasteiger partial charge in [0.2, 0.25) is 5.91 Å². The lowest BCUT2D eigenvalue weighted by molar-refractivity contribution is -0.122. The molecule has 1 fully saturated rings. The summed E-state index contributed by atoms with van der Waals surface area (Å²) in [5.74, 6) is 1.52. The molecule has 1 rings (SSSR count). The zero-order valence-corrected chi connectivity index (χ0v) is 12.8. The first-order chi connectivity index (χ1) is 9.17. The Morgan fingerprint density at radius 1 is 1.26 bits per heavy atom. The van der Waals surface area contributed by atoms with Crippen LogP contribution < -0.4 is 11.1 Å². The number of nitrogens with one attached hydrogen (secondary N) is 1. The van der Waals surface area contributed by atoms with Gasteiger partial charge in [-0.3, -0.25) is 4.79 Å². The highest BCUT2D eigenvalue weighted by atomic mass is 16.1. The molecule has 3 nitrogen and oxygen atoms in total. The van der Waals surface area contributed by atoms with E-state index in [0.717, 1.165) is 25.8 Å². The van der Waals surface area contributed by atoms with Crippen molar-refractivity contribution < 1.29 is 4.79 Å². The van der Waals surface area contributed by atoms with E-state index in [4.69, 9.17) is 5.73 Å². The van der Waals surface area contributed by atoms with Crippen molar-refractivity contribution in [2.75, 3.05) is 6.54 Å². The number of nitrogens with two attached hydrogens (primary N) is 1. The molecule has 112 valence electrons. The molecule has 0 spiro atoms. The highest BCUT2D eigenvalue weighted by molar-refractivity contribution is 5.76. The lowest BCUT2D eigenvalue weighted by Crippen LogP contribution is -2.41. The molecule has 0 heterocycles. The summed E-state index contributed by atoms with van der Waals surface area (Å²) < 4.78 is 0. The molecule has 3 N–H and O–H groups in total. The normalized spacial score (nSPS) is 25.0. The molecule has 3 unspecified atom stereocenters. The fourth-order valence-electron chi connectivity index (χ4n) is 3.22. The minimum Gasteiger partial charge on any atom is -0.353 e. The van der Waals surface area contributed by atoms with E-state index in [2.05, 4.69) is 19.2 Å². The molecule has 3 atom stereocenters. The Hall–Kier alpha value is -0.570. The Morgan fingerprint density at radius 2 is 2.00 bits per heavy atom. The molecule has 3 heteroatoms. The fourth-order valence-corrected chi connectivity index (χ4v) is 3.22. The van der Waals surface area contributed by atoms with Crippen LogP contribution in [-0.4, -0.2) is 18.5 Å². The lowest BCUT2D eigenvalue weighted by atomic mass is 9.85. The van der Waals surface area contributed by atoms with E-state index >= 15 is 0 Å². The van der Waals surface area contributed by atoms with Gasteiger partial charge >= 0.3 is 0 Å². The Balaban J connectivity index is 2.25. The molecule has 0 aromatic heterocycles. The van der Waals surface area contributed by atoms with E-state index in [-0.39, 0.29) is 5.91 Å². The summed E-state index contributed by atoms with van der Waals surface area (Å²) in [5.41, 5.74) is 5.63. The van der Waals surface area contributed by atoms with E-state index in [1.54, 1.807) is 0 Å². The topological polar surface area (TPSA) is 55.1 Å². The standard InChI is InChI=1S/C16H32N2O/c1-3-6-14(11-12-17)9-10-16(19)18-15-8-5-4-7-13(15)2/h13-15H,3-12,17H2,1-2H3,(H,18,19).